The number of nitrogens with zero attached hydrogens (tertiary/aromatic N) is 4. The van der Waals surface area contributed by atoms with Crippen molar-refractivity contribution in [3.05, 3.63) is 42.5 Å². The topological polar surface area (TPSA) is 66.9 Å². The molecule has 2 aromatic rings. The van der Waals surface area contributed by atoms with Crippen LogP contribution in [0.5, 0.6) is 0 Å². The lowest BCUT2D eigenvalue weighted by molar-refractivity contribution is -0.0353. The molecule has 1 N–H and O–H groups in total. The van der Waals surface area contributed by atoms with Crippen LogP contribution in [0.15, 0.2) is 31.0 Å². The molecule has 6 heteroatoms. The third-order valence-corrected chi connectivity index (χ3v) is 3.52. The molecule has 1 aliphatic rings. The van der Waals surface area contributed by atoms with Crippen LogP contribution in [0.2, 0.25) is 0 Å². The molecule has 0 aromatic carbocycles. The second-order valence-corrected chi connectivity index (χ2v) is 5.00. The summed E-state index contributed by atoms with van der Waals surface area (Å²) in [6.07, 6.45) is 9.24. The Bertz CT molecular complexity index is 502. The number of aryl methyl sites for hydroxylation is 1. The monoisotopic (exact) mass is 273 g/mol. The van der Waals surface area contributed by atoms with Crippen molar-refractivity contribution in [1.82, 2.24) is 24.8 Å². The summed E-state index contributed by atoms with van der Waals surface area (Å²) < 4.78 is 5.83. The van der Waals surface area contributed by atoms with Gasteiger partial charge in [0.2, 0.25) is 0 Å². The predicted molar refractivity (Wildman–Crippen MR) is 74.0 cm³/mol. The van der Waals surface area contributed by atoms with E-state index in [0.29, 0.717) is 0 Å². The van der Waals surface area contributed by atoms with Gasteiger partial charge in [-0.25, -0.2) is 15.0 Å². The largest absolute Gasteiger partial charge is 0.376 e. The second-order valence-electron chi connectivity index (χ2n) is 5.00. The Morgan fingerprint density at radius 2 is 2.35 bits per heavy atom. The maximum Gasteiger partial charge on any atom is 0.120 e. The number of hydrogen-bond donors (Lipinski definition) is 1. The van der Waals surface area contributed by atoms with Crippen molar-refractivity contribution in [3.8, 4) is 0 Å². The number of rotatable bonds is 5. The number of hydrogen-bond acceptors (Lipinski definition) is 5. The maximum atomic E-state index is 5.83. The highest BCUT2D eigenvalue weighted by molar-refractivity contribution is 4.98. The molecule has 3 heterocycles. The number of ether oxygens (including phenoxy) is 1. The second kappa shape index (κ2) is 6.58. The van der Waals surface area contributed by atoms with Gasteiger partial charge in [-0.15, -0.1) is 0 Å². The molecule has 0 bridgehead atoms. The van der Waals surface area contributed by atoms with Crippen LogP contribution in [-0.2, 0) is 17.7 Å². The first kappa shape index (κ1) is 13.2. The van der Waals surface area contributed by atoms with Crippen molar-refractivity contribution in [2.45, 2.75) is 25.5 Å². The highest BCUT2D eigenvalue weighted by Crippen LogP contribution is 2.13. The summed E-state index contributed by atoms with van der Waals surface area (Å²) in [5.41, 5.74) is 1.08. The van der Waals surface area contributed by atoms with E-state index in [1.807, 2.05) is 12.3 Å². The molecule has 106 valence electrons. The number of morpholine rings is 1. The highest BCUT2D eigenvalue weighted by atomic mass is 16.5. The van der Waals surface area contributed by atoms with E-state index < -0.39 is 0 Å². The third-order valence-electron chi connectivity index (χ3n) is 3.52. The fraction of sp³-hybridized carbons (Fsp3) is 0.500. The SMILES string of the molecule is c1cc(CC[C@@H]2CN(Cc3ncc[nH]3)CCO2)ncn1. The van der Waals surface area contributed by atoms with Crippen molar-refractivity contribution in [2.75, 3.05) is 19.7 Å². The summed E-state index contributed by atoms with van der Waals surface area (Å²) >= 11 is 0. The van der Waals surface area contributed by atoms with Crippen LogP contribution in [0.4, 0.5) is 0 Å². The van der Waals surface area contributed by atoms with Gasteiger partial charge >= 0.3 is 0 Å². The Kier molecular flexibility index (Phi) is 4.35. The van der Waals surface area contributed by atoms with Gasteiger partial charge in [-0.2, -0.15) is 0 Å². The van der Waals surface area contributed by atoms with Crippen molar-refractivity contribution in [2.24, 2.45) is 0 Å². The zero-order valence-corrected chi connectivity index (χ0v) is 11.4. The summed E-state index contributed by atoms with van der Waals surface area (Å²) in [5, 5.41) is 0. The molecule has 1 fully saturated rings. The van der Waals surface area contributed by atoms with E-state index >= 15 is 0 Å². The molecule has 0 aliphatic carbocycles. The fourth-order valence-corrected chi connectivity index (χ4v) is 2.47. The van der Waals surface area contributed by atoms with Crippen LogP contribution in [0.25, 0.3) is 0 Å². The van der Waals surface area contributed by atoms with Gasteiger partial charge in [0.1, 0.15) is 12.2 Å². The first-order valence-electron chi connectivity index (χ1n) is 6.97. The molecule has 0 unspecified atom stereocenters. The first-order chi connectivity index (χ1) is 9.90. The smallest absolute Gasteiger partial charge is 0.120 e. The summed E-state index contributed by atoms with van der Waals surface area (Å²) in [6, 6.07) is 1.96. The Labute approximate surface area is 118 Å². The zero-order valence-electron chi connectivity index (χ0n) is 11.4. The van der Waals surface area contributed by atoms with Gasteiger partial charge in [-0.05, 0) is 18.9 Å². The summed E-state index contributed by atoms with van der Waals surface area (Å²) in [6.45, 7) is 3.56. The molecule has 2 aromatic heterocycles. The van der Waals surface area contributed by atoms with Gasteiger partial charge in [-0.1, -0.05) is 0 Å². The lowest BCUT2D eigenvalue weighted by Crippen LogP contribution is -2.42. The van der Waals surface area contributed by atoms with Gasteiger partial charge < -0.3 is 9.72 Å². The van der Waals surface area contributed by atoms with E-state index in [0.717, 1.165) is 50.6 Å². The summed E-state index contributed by atoms with van der Waals surface area (Å²) in [7, 11) is 0. The lowest BCUT2D eigenvalue weighted by Gasteiger charge is -2.32. The molecule has 3 rings (SSSR count). The summed E-state index contributed by atoms with van der Waals surface area (Å²) in [4.78, 5) is 18.0. The Morgan fingerprint density at radius 3 is 3.15 bits per heavy atom. The number of nitrogens with one attached hydrogen (secondary N) is 1. The number of aromatic nitrogens is 4. The minimum Gasteiger partial charge on any atom is -0.376 e. The molecule has 20 heavy (non-hydrogen) atoms. The maximum absolute atomic E-state index is 5.83. The van der Waals surface area contributed by atoms with E-state index in [1.54, 1.807) is 18.7 Å². The highest BCUT2D eigenvalue weighted by Gasteiger charge is 2.20. The molecule has 0 amide bonds. The van der Waals surface area contributed by atoms with E-state index in [4.69, 9.17) is 4.74 Å². The van der Waals surface area contributed by atoms with Gasteiger partial charge in [0.25, 0.3) is 0 Å². The minimum atomic E-state index is 0.272. The zero-order chi connectivity index (χ0) is 13.6. The van der Waals surface area contributed by atoms with Gasteiger partial charge in [-0.3, -0.25) is 4.90 Å². The fourth-order valence-electron chi connectivity index (χ4n) is 2.47. The molecule has 1 saturated heterocycles. The predicted octanol–water partition coefficient (Wildman–Crippen LogP) is 1.03. The normalized spacial score (nSPS) is 20.1. The Hall–Kier alpha value is -1.79. The molecule has 1 atom stereocenters. The molecule has 0 spiro atoms. The van der Waals surface area contributed by atoms with Crippen LogP contribution in [0.3, 0.4) is 0 Å². The van der Waals surface area contributed by atoms with Crippen LogP contribution in [-0.4, -0.2) is 50.6 Å². The Balaban J connectivity index is 1.48. The quantitative estimate of drug-likeness (QED) is 0.881. The van der Waals surface area contributed by atoms with Gasteiger partial charge in [0.05, 0.1) is 19.3 Å². The minimum absolute atomic E-state index is 0.272. The average Bonchev–Trinajstić information content (AvgIpc) is 3.00. The van der Waals surface area contributed by atoms with E-state index in [2.05, 4.69) is 24.8 Å². The Morgan fingerprint density at radius 1 is 1.35 bits per heavy atom. The van der Waals surface area contributed by atoms with Gasteiger partial charge in [0, 0.05) is 37.4 Å². The molecule has 0 saturated carbocycles. The van der Waals surface area contributed by atoms with Crippen molar-refractivity contribution in [1.29, 1.82) is 0 Å². The first-order valence-corrected chi connectivity index (χ1v) is 6.97. The van der Waals surface area contributed by atoms with Crippen LogP contribution in [0.1, 0.15) is 17.9 Å². The molecular formula is C14H19N5O. The number of H-pyrrole nitrogens is 1. The van der Waals surface area contributed by atoms with Gasteiger partial charge in [0.15, 0.2) is 0 Å². The molecule has 1 aliphatic heterocycles. The van der Waals surface area contributed by atoms with Crippen LogP contribution >= 0.6 is 0 Å². The van der Waals surface area contributed by atoms with Crippen molar-refractivity contribution in [3.63, 3.8) is 0 Å². The molecule has 6 nitrogen and oxygen atoms in total. The average molecular weight is 273 g/mol. The third kappa shape index (κ3) is 3.61. The van der Waals surface area contributed by atoms with Crippen LogP contribution in [0, 0.1) is 0 Å². The van der Waals surface area contributed by atoms with E-state index in [1.165, 1.54) is 0 Å². The van der Waals surface area contributed by atoms with E-state index in [9.17, 15) is 0 Å². The van der Waals surface area contributed by atoms with E-state index in [-0.39, 0.29) is 6.10 Å². The number of aromatic amines is 1. The molecular weight excluding hydrogens is 254 g/mol. The standard InChI is InChI=1S/C14H19N5O/c1(12-3-4-15-11-18-12)2-13-9-19(7-8-20-13)10-14-16-5-6-17-14/h3-6,11,13H,1-2,7-10H2,(H,16,17)/t13-/m1/s1. The summed E-state index contributed by atoms with van der Waals surface area (Å²) in [5.74, 6) is 1.02. The van der Waals surface area contributed by atoms with Crippen molar-refractivity contribution >= 4 is 0 Å². The lowest BCUT2D eigenvalue weighted by atomic mass is 10.1. The number of imidazole rings is 1. The molecule has 0 radical (unpaired) electrons. The van der Waals surface area contributed by atoms with Crippen LogP contribution < -0.4 is 0 Å². The van der Waals surface area contributed by atoms with Crippen molar-refractivity contribution < 1.29 is 4.74 Å².